The summed E-state index contributed by atoms with van der Waals surface area (Å²) in [6.45, 7) is 1.08. The Morgan fingerprint density at radius 1 is 1.26 bits per heavy atom. The lowest BCUT2D eigenvalue weighted by atomic mass is 9.95. The minimum atomic E-state index is 0.726. The number of hydrogen-bond acceptors (Lipinski definition) is 3. The van der Waals surface area contributed by atoms with E-state index in [9.17, 15) is 0 Å². The van der Waals surface area contributed by atoms with Crippen LogP contribution < -0.4 is 10.1 Å². The van der Waals surface area contributed by atoms with Crippen LogP contribution in [0.5, 0.6) is 5.75 Å². The molecule has 1 fully saturated rings. The van der Waals surface area contributed by atoms with Crippen molar-refractivity contribution in [2.24, 2.45) is 0 Å². The summed E-state index contributed by atoms with van der Waals surface area (Å²) in [5, 5.41) is 4.59. The molecule has 2 rings (SSSR count). The second kappa shape index (κ2) is 7.81. The molecule has 0 aliphatic heterocycles. The van der Waals surface area contributed by atoms with Gasteiger partial charge in [-0.25, -0.2) is 0 Å². The molecule has 0 amide bonds. The van der Waals surface area contributed by atoms with Crippen molar-refractivity contribution < 1.29 is 4.74 Å². The van der Waals surface area contributed by atoms with Crippen LogP contribution in [0.2, 0.25) is 0 Å². The van der Waals surface area contributed by atoms with Crippen molar-refractivity contribution >= 4 is 11.8 Å². The molecule has 0 saturated heterocycles. The highest BCUT2D eigenvalue weighted by atomic mass is 32.2. The fourth-order valence-electron chi connectivity index (χ4n) is 2.76. The van der Waals surface area contributed by atoms with E-state index < -0.39 is 0 Å². The minimum absolute atomic E-state index is 0.726. The normalized spacial score (nSPS) is 23.3. The molecule has 0 radical (unpaired) electrons. The molecule has 0 aromatic heterocycles. The van der Waals surface area contributed by atoms with Crippen LogP contribution in [0.25, 0.3) is 0 Å². The summed E-state index contributed by atoms with van der Waals surface area (Å²) in [6.07, 6.45) is 8.81. The van der Waals surface area contributed by atoms with Crippen LogP contribution in [-0.2, 0) is 6.42 Å². The molecule has 0 spiro atoms. The number of benzene rings is 1. The molecule has 106 valence electrons. The Hall–Kier alpha value is -0.670. The maximum Gasteiger partial charge on any atom is 0.118 e. The monoisotopic (exact) mass is 279 g/mol. The van der Waals surface area contributed by atoms with Gasteiger partial charge in [0.1, 0.15) is 5.75 Å². The van der Waals surface area contributed by atoms with Crippen LogP contribution in [0.4, 0.5) is 0 Å². The predicted molar refractivity (Wildman–Crippen MR) is 84.3 cm³/mol. The molecule has 2 atom stereocenters. The van der Waals surface area contributed by atoms with Crippen molar-refractivity contribution in [2.45, 2.75) is 43.4 Å². The van der Waals surface area contributed by atoms with Crippen molar-refractivity contribution in [2.75, 3.05) is 19.9 Å². The van der Waals surface area contributed by atoms with Gasteiger partial charge in [0.05, 0.1) is 7.11 Å². The van der Waals surface area contributed by atoms with Gasteiger partial charge in [0.15, 0.2) is 0 Å². The van der Waals surface area contributed by atoms with Crippen LogP contribution in [0.15, 0.2) is 24.3 Å². The standard InChI is InChI=1S/C16H25NOS/c1-18-15-8-6-13(7-9-15)10-11-17-14-4-3-5-16(12-14)19-2/h6-9,14,16-17H,3-5,10-12H2,1-2H3. The Morgan fingerprint density at radius 2 is 2.05 bits per heavy atom. The molecule has 19 heavy (non-hydrogen) atoms. The Labute approximate surface area is 121 Å². The molecule has 2 nitrogen and oxygen atoms in total. The lowest BCUT2D eigenvalue weighted by Gasteiger charge is -2.28. The topological polar surface area (TPSA) is 21.3 Å². The molecule has 1 aromatic rings. The molecule has 0 bridgehead atoms. The predicted octanol–water partition coefficient (Wildman–Crippen LogP) is 3.50. The second-order valence-electron chi connectivity index (χ2n) is 5.27. The first-order chi connectivity index (χ1) is 9.31. The van der Waals surface area contributed by atoms with E-state index in [1.165, 1.54) is 31.2 Å². The molecule has 2 unspecified atom stereocenters. The molecule has 1 saturated carbocycles. The lowest BCUT2D eigenvalue weighted by Crippen LogP contribution is -2.36. The maximum absolute atomic E-state index is 5.18. The van der Waals surface area contributed by atoms with Crippen LogP contribution in [-0.4, -0.2) is 31.2 Å². The molecular weight excluding hydrogens is 254 g/mol. The van der Waals surface area contributed by atoms with Crippen molar-refractivity contribution in [3.05, 3.63) is 29.8 Å². The molecule has 3 heteroatoms. The van der Waals surface area contributed by atoms with E-state index in [1.807, 2.05) is 23.9 Å². The van der Waals surface area contributed by atoms with Gasteiger partial charge in [-0.05, 0) is 56.2 Å². The van der Waals surface area contributed by atoms with E-state index in [-0.39, 0.29) is 0 Å². The average Bonchev–Trinajstić information content (AvgIpc) is 2.48. The number of nitrogens with one attached hydrogen (secondary N) is 1. The number of ether oxygens (including phenoxy) is 1. The molecule has 0 heterocycles. The van der Waals surface area contributed by atoms with Gasteiger partial charge in [0, 0.05) is 11.3 Å². The van der Waals surface area contributed by atoms with Crippen molar-refractivity contribution in [1.82, 2.24) is 5.32 Å². The molecule has 1 aliphatic rings. The van der Waals surface area contributed by atoms with Gasteiger partial charge in [-0.1, -0.05) is 18.6 Å². The zero-order valence-corrected chi connectivity index (χ0v) is 12.8. The zero-order valence-electron chi connectivity index (χ0n) is 12.0. The van der Waals surface area contributed by atoms with Crippen LogP contribution >= 0.6 is 11.8 Å². The van der Waals surface area contributed by atoms with Gasteiger partial charge >= 0.3 is 0 Å². The maximum atomic E-state index is 5.18. The van der Waals surface area contributed by atoms with E-state index in [0.717, 1.165) is 30.0 Å². The van der Waals surface area contributed by atoms with Gasteiger partial charge in [-0.2, -0.15) is 11.8 Å². The highest BCUT2D eigenvalue weighted by Crippen LogP contribution is 2.26. The Kier molecular flexibility index (Phi) is 6.05. The van der Waals surface area contributed by atoms with E-state index in [0.29, 0.717) is 0 Å². The van der Waals surface area contributed by atoms with E-state index in [1.54, 1.807) is 7.11 Å². The first kappa shape index (κ1) is 14.7. The Bertz CT molecular complexity index is 366. The fourth-order valence-corrected chi connectivity index (χ4v) is 3.58. The SMILES string of the molecule is COc1ccc(CCNC2CCCC(SC)C2)cc1. The number of rotatable bonds is 6. The number of methoxy groups -OCH3 is 1. The van der Waals surface area contributed by atoms with Crippen molar-refractivity contribution in [1.29, 1.82) is 0 Å². The second-order valence-corrected chi connectivity index (χ2v) is 6.41. The molecule has 1 aromatic carbocycles. The van der Waals surface area contributed by atoms with Crippen LogP contribution in [0.1, 0.15) is 31.2 Å². The third-order valence-electron chi connectivity index (χ3n) is 3.97. The first-order valence-electron chi connectivity index (χ1n) is 7.21. The summed E-state index contributed by atoms with van der Waals surface area (Å²) < 4.78 is 5.18. The van der Waals surface area contributed by atoms with Gasteiger partial charge in [0.25, 0.3) is 0 Å². The highest BCUT2D eigenvalue weighted by molar-refractivity contribution is 7.99. The quantitative estimate of drug-likeness (QED) is 0.861. The number of thioether (sulfide) groups is 1. The van der Waals surface area contributed by atoms with Gasteiger partial charge < -0.3 is 10.1 Å². The molecule has 1 N–H and O–H groups in total. The minimum Gasteiger partial charge on any atom is -0.497 e. The smallest absolute Gasteiger partial charge is 0.118 e. The van der Waals surface area contributed by atoms with Crippen molar-refractivity contribution in [3.8, 4) is 5.75 Å². The lowest BCUT2D eigenvalue weighted by molar-refractivity contribution is 0.383. The third kappa shape index (κ3) is 4.73. The molecular formula is C16H25NOS. The first-order valence-corrected chi connectivity index (χ1v) is 8.49. The molecule has 1 aliphatic carbocycles. The summed E-state index contributed by atoms with van der Waals surface area (Å²) in [6, 6.07) is 9.13. The summed E-state index contributed by atoms with van der Waals surface area (Å²) in [4.78, 5) is 0. The van der Waals surface area contributed by atoms with E-state index in [2.05, 4.69) is 23.7 Å². The third-order valence-corrected chi connectivity index (χ3v) is 5.06. The fraction of sp³-hybridized carbons (Fsp3) is 0.625. The largest absolute Gasteiger partial charge is 0.497 e. The van der Waals surface area contributed by atoms with Gasteiger partial charge in [0.2, 0.25) is 0 Å². The summed E-state index contributed by atoms with van der Waals surface area (Å²) in [5.74, 6) is 0.937. The van der Waals surface area contributed by atoms with Crippen LogP contribution in [0.3, 0.4) is 0 Å². The number of hydrogen-bond donors (Lipinski definition) is 1. The summed E-state index contributed by atoms with van der Waals surface area (Å²) in [5.41, 5.74) is 1.38. The van der Waals surface area contributed by atoms with E-state index >= 15 is 0 Å². The van der Waals surface area contributed by atoms with E-state index in [4.69, 9.17) is 4.74 Å². The van der Waals surface area contributed by atoms with Crippen molar-refractivity contribution in [3.63, 3.8) is 0 Å². The average molecular weight is 279 g/mol. The highest BCUT2D eigenvalue weighted by Gasteiger charge is 2.20. The van der Waals surface area contributed by atoms with Gasteiger partial charge in [-0.3, -0.25) is 0 Å². The zero-order chi connectivity index (χ0) is 13.5. The summed E-state index contributed by atoms with van der Waals surface area (Å²) in [7, 11) is 1.71. The summed E-state index contributed by atoms with van der Waals surface area (Å²) >= 11 is 2.03. The van der Waals surface area contributed by atoms with Gasteiger partial charge in [-0.15, -0.1) is 0 Å². The Morgan fingerprint density at radius 3 is 2.74 bits per heavy atom. The Balaban J connectivity index is 1.70. The van der Waals surface area contributed by atoms with Crippen LogP contribution in [0, 0.1) is 0 Å².